The fourth-order valence-corrected chi connectivity index (χ4v) is 3.81. The predicted molar refractivity (Wildman–Crippen MR) is 101 cm³/mol. The van der Waals surface area contributed by atoms with E-state index in [4.69, 9.17) is 4.52 Å². The molecular formula is C21H20F3N3O2. The second-order valence-corrected chi connectivity index (χ2v) is 7.58. The predicted octanol–water partition coefficient (Wildman–Crippen LogP) is 5.09. The van der Waals surface area contributed by atoms with Crippen LogP contribution in [0, 0.1) is 12.8 Å². The van der Waals surface area contributed by atoms with E-state index in [0.29, 0.717) is 35.7 Å². The molecule has 1 fully saturated rings. The number of carbonyl (C=O) groups excluding carboxylic acids is 1. The highest BCUT2D eigenvalue weighted by Crippen LogP contribution is 2.33. The molecule has 0 unspecified atom stereocenters. The van der Waals surface area contributed by atoms with E-state index in [1.165, 1.54) is 12.1 Å². The Bertz CT molecular complexity index is 1070. The van der Waals surface area contributed by atoms with Crippen LogP contribution in [0.1, 0.15) is 41.4 Å². The average Bonchev–Trinajstić information content (AvgIpc) is 3.07. The van der Waals surface area contributed by atoms with Crippen LogP contribution in [0.3, 0.4) is 0 Å². The van der Waals surface area contributed by atoms with Crippen LogP contribution in [0.25, 0.3) is 22.4 Å². The molecule has 1 aliphatic rings. The Morgan fingerprint density at radius 3 is 2.79 bits per heavy atom. The first-order valence-corrected chi connectivity index (χ1v) is 9.48. The summed E-state index contributed by atoms with van der Waals surface area (Å²) in [5, 5.41) is 4.41. The lowest BCUT2D eigenvalue weighted by molar-refractivity contribution is -0.137. The molecule has 1 aliphatic heterocycles. The Morgan fingerprint density at radius 2 is 2.07 bits per heavy atom. The minimum atomic E-state index is -4.47. The monoisotopic (exact) mass is 403 g/mol. The number of aromatic nitrogens is 2. The summed E-state index contributed by atoms with van der Waals surface area (Å²) < 4.78 is 44.6. The number of rotatable bonds is 2. The van der Waals surface area contributed by atoms with Gasteiger partial charge in [-0.25, -0.2) is 4.98 Å². The van der Waals surface area contributed by atoms with Gasteiger partial charge in [-0.1, -0.05) is 24.2 Å². The van der Waals surface area contributed by atoms with E-state index < -0.39 is 11.7 Å². The van der Waals surface area contributed by atoms with Crippen molar-refractivity contribution in [2.75, 3.05) is 13.1 Å². The molecule has 3 aromatic rings. The number of fused-ring (bicyclic) bond motifs is 1. The first-order valence-electron chi connectivity index (χ1n) is 9.48. The van der Waals surface area contributed by atoms with E-state index in [2.05, 4.69) is 17.1 Å². The lowest BCUT2D eigenvalue weighted by atomic mass is 9.98. The largest absolute Gasteiger partial charge is 0.416 e. The number of likely N-dealkylation sites (tertiary alicyclic amines) is 1. The van der Waals surface area contributed by atoms with Crippen LogP contribution < -0.4 is 0 Å². The Kier molecular flexibility index (Phi) is 4.80. The highest BCUT2D eigenvalue weighted by atomic mass is 19.4. The van der Waals surface area contributed by atoms with Crippen molar-refractivity contribution in [3.05, 3.63) is 47.2 Å². The summed E-state index contributed by atoms with van der Waals surface area (Å²) in [4.78, 5) is 19.4. The van der Waals surface area contributed by atoms with Crippen molar-refractivity contribution in [3.63, 3.8) is 0 Å². The molecule has 0 saturated carbocycles. The number of carbonyl (C=O) groups is 1. The third-order valence-corrected chi connectivity index (χ3v) is 5.28. The van der Waals surface area contributed by atoms with Gasteiger partial charge in [0.15, 0.2) is 0 Å². The van der Waals surface area contributed by atoms with E-state index in [1.54, 1.807) is 17.9 Å². The quantitative estimate of drug-likeness (QED) is 0.598. The van der Waals surface area contributed by atoms with Crippen LogP contribution in [-0.2, 0) is 6.18 Å². The highest BCUT2D eigenvalue weighted by molar-refractivity contribution is 6.07. The maximum absolute atomic E-state index is 13.3. The van der Waals surface area contributed by atoms with E-state index in [-0.39, 0.29) is 22.9 Å². The van der Waals surface area contributed by atoms with Crippen molar-refractivity contribution in [2.45, 2.75) is 32.9 Å². The zero-order valence-corrected chi connectivity index (χ0v) is 16.1. The summed E-state index contributed by atoms with van der Waals surface area (Å²) in [5.74, 6) is 0.222. The number of amides is 1. The molecular weight excluding hydrogens is 383 g/mol. The van der Waals surface area contributed by atoms with Crippen molar-refractivity contribution in [1.29, 1.82) is 0 Å². The molecule has 0 spiro atoms. The third kappa shape index (κ3) is 3.71. The van der Waals surface area contributed by atoms with E-state index in [9.17, 15) is 18.0 Å². The van der Waals surface area contributed by atoms with Crippen molar-refractivity contribution < 1.29 is 22.5 Å². The van der Waals surface area contributed by atoms with E-state index >= 15 is 0 Å². The van der Waals surface area contributed by atoms with Crippen LogP contribution in [-0.4, -0.2) is 34.0 Å². The van der Waals surface area contributed by atoms with Crippen LogP contribution in [0.15, 0.2) is 34.9 Å². The standard InChI is InChI=1S/C21H20F3N3O2/c1-12-5-4-8-27(11-12)20(28)16-10-17(25-19-18(16)13(2)26-29-19)14-6-3-7-15(9-14)21(22,23)24/h3,6-7,9-10,12H,4-5,8,11H2,1-2H3/t12-/m0/s1. The summed E-state index contributed by atoms with van der Waals surface area (Å²) in [6.45, 7) is 5.11. The van der Waals surface area contributed by atoms with E-state index in [0.717, 1.165) is 25.0 Å². The number of aryl methyl sites for hydroxylation is 1. The molecule has 8 heteroatoms. The molecule has 0 radical (unpaired) electrons. The molecule has 2 aromatic heterocycles. The Labute approximate surface area is 165 Å². The smallest absolute Gasteiger partial charge is 0.338 e. The van der Waals surface area contributed by atoms with Gasteiger partial charge in [0, 0.05) is 18.7 Å². The number of hydrogen-bond acceptors (Lipinski definition) is 4. The van der Waals surface area contributed by atoms with Gasteiger partial charge in [-0.2, -0.15) is 13.2 Å². The molecule has 152 valence electrons. The normalized spacial score (nSPS) is 17.7. The summed E-state index contributed by atoms with van der Waals surface area (Å²) in [6, 6.07) is 6.42. The van der Waals surface area contributed by atoms with Gasteiger partial charge in [0.2, 0.25) is 0 Å². The summed E-state index contributed by atoms with van der Waals surface area (Å²) >= 11 is 0. The number of piperidine rings is 1. The van der Waals surface area contributed by atoms with Crippen molar-refractivity contribution in [3.8, 4) is 11.3 Å². The second kappa shape index (κ2) is 7.17. The lowest BCUT2D eigenvalue weighted by Crippen LogP contribution is -2.39. The van der Waals surface area contributed by atoms with Gasteiger partial charge in [-0.15, -0.1) is 0 Å². The highest BCUT2D eigenvalue weighted by Gasteiger charge is 2.31. The molecule has 0 aliphatic carbocycles. The molecule has 1 amide bonds. The van der Waals surface area contributed by atoms with Crippen LogP contribution >= 0.6 is 0 Å². The zero-order chi connectivity index (χ0) is 20.8. The van der Waals surface area contributed by atoms with Crippen molar-refractivity contribution >= 4 is 17.0 Å². The first-order chi connectivity index (χ1) is 13.7. The number of hydrogen-bond donors (Lipinski definition) is 0. The number of nitrogens with zero attached hydrogens (tertiary/aromatic N) is 3. The average molecular weight is 403 g/mol. The molecule has 0 bridgehead atoms. The minimum absolute atomic E-state index is 0.144. The summed E-state index contributed by atoms with van der Waals surface area (Å²) in [6.07, 6.45) is -2.48. The minimum Gasteiger partial charge on any atom is -0.338 e. The van der Waals surface area contributed by atoms with Gasteiger partial charge < -0.3 is 9.42 Å². The molecule has 1 atom stereocenters. The van der Waals surface area contributed by atoms with Crippen LogP contribution in [0.4, 0.5) is 13.2 Å². The molecule has 3 heterocycles. The SMILES string of the molecule is Cc1noc2nc(-c3cccc(C(F)(F)F)c3)cc(C(=O)N3CCC[C@H](C)C3)c12. The fourth-order valence-electron chi connectivity index (χ4n) is 3.81. The fraction of sp³-hybridized carbons (Fsp3) is 0.381. The molecule has 1 saturated heterocycles. The first kappa shape index (κ1) is 19.4. The molecule has 5 nitrogen and oxygen atoms in total. The summed E-state index contributed by atoms with van der Waals surface area (Å²) in [5.41, 5.74) is 0.756. The summed E-state index contributed by atoms with van der Waals surface area (Å²) in [7, 11) is 0. The van der Waals surface area contributed by atoms with E-state index in [1.807, 2.05) is 0 Å². The van der Waals surface area contributed by atoms with Crippen LogP contribution in [0.5, 0.6) is 0 Å². The Hall–Kier alpha value is -2.90. The molecule has 4 rings (SSSR count). The number of benzene rings is 1. The Morgan fingerprint density at radius 1 is 1.28 bits per heavy atom. The molecule has 0 N–H and O–H groups in total. The number of alkyl halides is 3. The lowest BCUT2D eigenvalue weighted by Gasteiger charge is -2.31. The van der Waals surface area contributed by atoms with Gasteiger partial charge in [-0.3, -0.25) is 4.79 Å². The van der Waals surface area contributed by atoms with Crippen molar-refractivity contribution in [2.24, 2.45) is 5.92 Å². The maximum Gasteiger partial charge on any atom is 0.416 e. The van der Waals surface area contributed by atoms with Gasteiger partial charge in [0.05, 0.1) is 27.9 Å². The van der Waals surface area contributed by atoms with Gasteiger partial charge in [-0.05, 0) is 43.9 Å². The number of pyridine rings is 1. The topological polar surface area (TPSA) is 59.2 Å². The number of halogens is 3. The maximum atomic E-state index is 13.3. The molecule has 1 aromatic carbocycles. The second-order valence-electron chi connectivity index (χ2n) is 7.58. The van der Waals surface area contributed by atoms with Crippen molar-refractivity contribution in [1.82, 2.24) is 15.0 Å². The third-order valence-electron chi connectivity index (χ3n) is 5.28. The van der Waals surface area contributed by atoms with Crippen LogP contribution in [0.2, 0.25) is 0 Å². The van der Waals surface area contributed by atoms with Gasteiger partial charge >= 0.3 is 6.18 Å². The molecule has 29 heavy (non-hydrogen) atoms. The Balaban J connectivity index is 1.83. The van der Waals surface area contributed by atoms with Gasteiger partial charge in [0.1, 0.15) is 0 Å². The zero-order valence-electron chi connectivity index (χ0n) is 16.1. The van der Waals surface area contributed by atoms with Gasteiger partial charge in [0.25, 0.3) is 11.6 Å².